The van der Waals surface area contributed by atoms with E-state index in [1.807, 2.05) is 0 Å². The van der Waals surface area contributed by atoms with E-state index < -0.39 is 0 Å². The molecule has 21 heavy (non-hydrogen) atoms. The van der Waals surface area contributed by atoms with Gasteiger partial charge in [-0.3, -0.25) is 4.90 Å². The first-order chi connectivity index (χ1) is 10.2. The number of fused-ring (bicyclic) bond motifs is 3. The van der Waals surface area contributed by atoms with Crippen LogP contribution in [0.5, 0.6) is 0 Å². The lowest BCUT2D eigenvalue weighted by Crippen LogP contribution is -2.57. The van der Waals surface area contributed by atoms with Gasteiger partial charge in [-0.1, -0.05) is 6.42 Å². The average Bonchev–Trinajstić information content (AvgIpc) is 2.51. The van der Waals surface area contributed by atoms with Gasteiger partial charge in [-0.25, -0.2) is 0 Å². The summed E-state index contributed by atoms with van der Waals surface area (Å²) in [6.45, 7) is 6.65. The van der Waals surface area contributed by atoms with Gasteiger partial charge in [-0.15, -0.1) is 0 Å². The van der Waals surface area contributed by atoms with Crippen LogP contribution in [0.25, 0.3) is 0 Å². The highest BCUT2D eigenvalue weighted by atomic mass is 16.3. The zero-order valence-electron chi connectivity index (χ0n) is 14.0. The molecular weight excluding hydrogens is 260 g/mol. The minimum atomic E-state index is -0.0286. The van der Waals surface area contributed by atoms with Crippen molar-refractivity contribution in [3.05, 3.63) is 0 Å². The maximum Gasteiger partial charge on any atom is 0.0784 e. The van der Waals surface area contributed by atoms with E-state index in [0.717, 1.165) is 0 Å². The first kappa shape index (κ1) is 15.8. The molecule has 0 spiro atoms. The summed E-state index contributed by atoms with van der Waals surface area (Å²) in [6.07, 6.45) is 12.0. The van der Waals surface area contributed by atoms with Crippen LogP contribution in [0.1, 0.15) is 57.8 Å². The van der Waals surface area contributed by atoms with Crippen LogP contribution >= 0.6 is 0 Å². The van der Waals surface area contributed by atoms with Crippen molar-refractivity contribution in [3.8, 4) is 0 Å². The Kier molecular flexibility index (Phi) is 5.23. The molecule has 3 heteroatoms. The number of piperidine rings is 4. The second-order valence-corrected chi connectivity index (χ2v) is 8.13. The molecule has 0 aliphatic carbocycles. The number of quaternary nitrogens is 1. The molecule has 0 aromatic carbocycles. The van der Waals surface area contributed by atoms with Crippen LogP contribution in [-0.4, -0.2) is 66.4 Å². The van der Waals surface area contributed by atoms with E-state index in [1.165, 1.54) is 95.0 Å². The Morgan fingerprint density at radius 3 is 2.38 bits per heavy atom. The molecule has 0 amide bonds. The number of aliphatic hydroxyl groups is 1. The highest BCUT2D eigenvalue weighted by molar-refractivity contribution is 4.94. The van der Waals surface area contributed by atoms with E-state index in [9.17, 15) is 5.11 Å². The van der Waals surface area contributed by atoms with Crippen molar-refractivity contribution in [2.45, 2.75) is 69.9 Å². The van der Waals surface area contributed by atoms with Gasteiger partial charge in [0, 0.05) is 6.04 Å². The molecule has 2 unspecified atom stereocenters. The van der Waals surface area contributed by atoms with E-state index in [0.29, 0.717) is 12.0 Å². The van der Waals surface area contributed by atoms with E-state index in [1.54, 1.807) is 0 Å². The Morgan fingerprint density at radius 2 is 1.71 bits per heavy atom. The molecule has 4 aliphatic heterocycles. The summed E-state index contributed by atoms with van der Waals surface area (Å²) in [5, 5.41) is 10.4. The quantitative estimate of drug-likeness (QED) is 0.601. The van der Waals surface area contributed by atoms with E-state index in [2.05, 4.69) is 11.9 Å². The summed E-state index contributed by atoms with van der Waals surface area (Å²) in [6, 6.07) is 0.484. The summed E-state index contributed by atoms with van der Waals surface area (Å²) in [7, 11) is 2.45. The zero-order chi connectivity index (χ0) is 14.7. The summed E-state index contributed by atoms with van der Waals surface area (Å²) >= 11 is 0. The van der Waals surface area contributed by atoms with Gasteiger partial charge in [-0.2, -0.15) is 0 Å². The van der Waals surface area contributed by atoms with E-state index in [-0.39, 0.29) is 6.10 Å². The topological polar surface area (TPSA) is 23.5 Å². The minimum absolute atomic E-state index is 0.0286. The van der Waals surface area contributed by atoms with Crippen LogP contribution in [0.15, 0.2) is 0 Å². The molecular formula is C18H35N2O+. The fourth-order valence-electron chi connectivity index (χ4n) is 5.00. The Balaban J connectivity index is 1.33. The van der Waals surface area contributed by atoms with Gasteiger partial charge in [0.05, 0.1) is 32.8 Å². The van der Waals surface area contributed by atoms with Crippen LogP contribution in [0.3, 0.4) is 0 Å². The van der Waals surface area contributed by atoms with Crippen molar-refractivity contribution in [1.29, 1.82) is 0 Å². The van der Waals surface area contributed by atoms with Crippen molar-refractivity contribution < 1.29 is 9.59 Å². The van der Waals surface area contributed by atoms with Gasteiger partial charge >= 0.3 is 0 Å². The lowest BCUT2D eigenvalue weighted by atomic mass is 9.79. The lowest BCUT2D eigenvalue weighted by molar-refractivity contribution is -0.914. The molecule has 2 atom stereocenters. The normalized spacial score (nSPS) is 38.6. The van der Waals surface area contributed by atoms with Crippen LogP contribution in [0, 0.1) is 5.92 Å². The number of rotatable bonds is 6. The number of nitrogens with zero attached hydrogens (tertiary/aromatic N) is 2. The summed E-state index contributed by atoms with van der Waals surface area (Å²) in [5.41, 5.74) is 0. The number of hydrogen-bond donors (Lipinski definition) is 1. The van der Waals surface area contributed by atoms with Crippen LogP contribution in [0.2, 0.25) is 0 Å². The molecule has 0 radical (unpaired) electrons. The molecule has 4 rings (SSSR count). The summed E-state index contributed by atoms with van der Waals surface area (Å²) in [4.78, 5) is 2.56. The van der Waals surface area contributed by atoms with Gasteiger partial charge in [0.2, 0.25) is 0 Å². The minimum Gasteiger partial charge on any atom is -0.391 e. The Morgan fingerprint density at radius 1 is 1.00 bits per heavy atom. The Labute approximate surface area is 130 Å². The molecule has 4 saturated heterocycles. The average molecular weight is 295 g/mol. The summed E-state index contributed by atoms with van der Waals surface area (Å²) in [5.74, 6) is 0.609. The monoisotopic (exact) mass is 295 g/mol. The predicted octanol–water partition coefficient (Wildman–Crippen LogP) is 2.63. The Hall–Kier alpha value is -0.120. The second-order valence-electron chi connectivity index (χ2n) is 8.13. The van der Waals surface area contributed by atoms with Crippen molar-refractivity contribution in [1.82, 2.24) is 4.90 Å². The first-order valence-corrected chi connectivity index (χ1v) is 9.44. The standard InChI is InChI=1S/C18H35N2O/c1-20(14-6-3-7-15-20)13-5-2-4-8-17-18(21)16-9-11-19(17)12-10-16/h16-18,21H,2-15H2,1H3/q+1. The largest absolute Gasteiger partial charge is 0.391 e. The predicted molar refractivity (Wildman–Crippen MR) is 87.2 cm³/mol. The van der Waals surface area contributed by atoms with E-state index >= 15 is 0 Å². The third-order valence-electron chi connectivity index (χ3n) is 6.51. The third kappa shape index (κ3) is 3.80. The highest BCUT2D eigenvalue weighted by Gasteiger charge is 2.40. The van der Waals surface area contributed by atoms with Gasteiger partial charge in [-0.05, 0) is 70.4 Å². The van der Waals surface area contributed by atoms with Crippen LogP contribution in [-0.2, 0) is 0 Å². The fraction of sp³-hybridized carbons (Fsp3) is 1.00. The van der Waals surface area contributed by atoms with Crippen molar-refractivity contribution in [2.24, 2.45) is 5.92 Å². The molecule has 4 aliphatic rings. The number of hydrogen-bond acceptors (Lipinski definition) is 2. The maximum atomic E-state index is 10.4. The third-order valence-corrected chi connectivity index (χ3v) is 6.51. The molecule has 3 nitrogen and oxygen atoms in total. The smallest absolute Gasteiger partial charge is 0.0784 e. The molecule has 0 aromatic heterocycles. The molecule has 122 valence electrons. The van der Waals surface area contributed by atoms with Crippen molar-refractivity contribution in [3.63, 3.8) is 0 Å². The van der Waals surface area contributed by atoms with Gasteiger partial charge in [0.1, 0.15) is 0 Å². The molecule has 2 bridgehead atoms. The van der Waals surface area contributed by atoms with Gasteiger partial charge in [0.25, 0.3) is 0 Å². The van der Waals surface area contributed by atoms with Crippen molar-refractivity contribution in [2.75, 3.05) is 39.8 Å². The zero-order valence-corrected chi connectivity index (χ0v) is 14.0. The first-order valence-electron chi connectivity index (χ1n) is 9.44. The summed E-state index contributed by atoms with van der Waals surface area (Å²) < 4.78 is 1.32. The van der Waals surface area contributed by atoms with Crippen LogP contribution < -0.4 is 0 Å². The lowest BCUT2D eigenvalue weighted by Gasteiger charge is -2.49. The maximum absolute atomic E-state index is 10.4. The number of aliphatic hydroxyl groups excluding tert-OH is 1. The van der Waals surface area contributed by atoms with Gasteiger partial charge < -0.3 is 9.59 Å². The molecule has 4 heterocycles. The molecule has 0 aromatic rings. The van der Waals surface area contributed by atoms with E-state index in [4.69, 9.17) is 0 Å². The number of likely N-dealkylation sites (tertiary alicyclic amines) is 1. The number of unbranched alkanes of at least 4 members (excludes halogenated alkanes) is 2. The SMILES string of the molecule is C[N+]1(CCCCCC2C(O)C3CCN2CC3)CCCCC1. The van der Waals surface area contributed by atoms with Crippen molar-refractivity contribution >= 4 is 0 Å². The van der Waals surface area contributed by atoms with Gasteiger partial charge in [0.15, 0.2) is 0 Å². The second kappa shape index (κ2) is 6.97. The molecule has 1 N–H and O–H groups in total. The fourth-order valence-corrected chi connectivity index (χ4v) is 5.00. The molecule has 4 fully saturated rings. The Bertz CT molecular complexity index is 317. The highest BCUT2D eigenvalue weighted by Crippen LogP contribution is 2.34. The van der Waals surface area contributed by atoms with Crippen LogP contribution in [0.4, 0.5) is 0 Å². The molecule has 0 saturated carbocycles.